The first-order valence-electron chi connectivity index (χ1n) is 10.5. The average molecular weight is 439 g/mol. The van der Waals surface area contributed by atoms with Gasteiger partial charge in [0.05, 0.1) is 10.6 Å². The van der Waals surface area contributed by atoms with Gasteiger partial charge in [-0.3, -0.25) is 4.79 Å². The van der Waals surface area contributed by atoms with Crippen LogP contribution in [0.1, 0.15) is 46.6 Å². The first-order valence-corrected chi connectivity index (χ1v) is 11.9. The third-order valence-corrected chi connectivity index (χ3v) is 6.99. The summed E-state index contributed by atoms with van der Waals surface area (Å²) in [7, 11) is -2.16. The van der Waals surface area contributed by atoms with Crippen LogP contribution in [-0.2, 0) is 29.4 Å². The maximum Gasteiger partial charge on any atom is 0.272 e. The van der Waals surface area contributed by atoms with E-state index in [1.807, 2.05) is 35.0 Å². The summed E-state index contributed by atoms with van der Waals surface area (Å²) in [5, 5.41) is 7.60. The fourth-order valence-corrected chi connectivity index (χ4v) is 4.75. The standard InChI is InChI=1S/C23H26N4O3S/c1-24-31(29,30)19-12-8-9-17(15-19)16-25-23(28)22-20-13-6-3-7-14-21(20)27(26-22)18-10-4-2-5-11-18/h2,4-5,8-12,15,24H,3,6-7,13-14,16H2,1H3,(H,25,28). The summed E-state index contributed by atoms with van der Waals surface area (Å²) in [6.07, 6.45) is 4.99. The molecule has 1 amide bonds. The van der Waals surface area contributed by atoms with Crippen molar-refractivity contribution >= 4 is 15.9 Å². The van der Waals surface area contributed by atoms with Crippen LogP contribution in [0, 0.1) is 0 Å². The van der Waals surface area contributed by atoms with E-state index < -0.39 is 10.0 Å². The Hall–Kier alpha value is -2.97. The van der Waals surface area contributed by atoms with Gasteiger partial charge in [-0.15, -0.1) is 0 Å². The summed E-state index contributed by atoms with van der Waals surface area (Å²) in [4.78, 5) is 13.2. The van der Waals surface area contributed by atoms with E-state index in [1.54, 1.807) is 18.2 Å². The number of benzene rings is 2. The number of fused-ring (bicyclic) bond motifs is 1. The van der Waals surface area contributed by atoms with E-state index in [9.17, 15) is 13.2 Å². The highest BCUT2D eigenvalue weighted by atomic mass is 32.2. The van der Waals surface area contributed by atoms with Crippen molar-refractivity contribution in [2.75, 3.05) is 7.05 Å². The van der Waals surface area contributed by atoms with Gasteiger partial charge in [-0.2, -0.15) is 5.10 Å². The number of sulfonamides is 1. The number of nitrogens with one attached hydrogen (secondary N) is 2. The summed E-state index contributed by atoms with van der Waals surface area (Å²) < 4.78 is 28.3. The third-order valence-electron chi connectivity index (χ3n) is 5.58. The van der Waals surface area contributed by atoms with Crippen LogP contribution in [0.3, 0.4) is 0 Å². The minimum absolute atomic E-state index is 0.170. The molecule has 2 N–H and O–H groups in total. The highest BCUT2D eigenvalue weighted by molar-refractivity contribution is 7.89. The SMILES string of the molecule is CNS(=O)(=O)c1cccc(CNC(=O)c2nn(-c3ccccc3)c3c2CCCCC3)c1. The zero-order chi connectivity index (χ0) is 21.8. The monoisotopic (exact) mass is 438 g/mol. The van der Waals surface area contributed by atoms with E-state index in [0.717, 1.165) is 49.0 Å². The van der Waals surface area contributed by atoms with Crippen LogP contribution in [-0.4, -0.2) is 31.2 Å². The Morgan fingerprint density at radius 1 is 1.03 bits per heavy atom. The number of para-hydroxylation sites is 1. The van der Waals surface area contributed by atoms with Crippen molar-refractivity contribution in [2.45, 2.75) is 43.5 Å². The minimum Gasteiger partial charge on any atom is -0.347 e. The molecule has 0 unspecified atom stereocenters. The van der Waals surface area contributed by atoms with Crippen molar-refractivity contribution in [3.05, 3.63) is 77.1 Å². The van der Waals surface area contributed by atoms with Gasteiger partial charge in [0.15, 0.2) is 5.69 Å². The fourth-order valence-electron chi connectivity index (χ4n) is 3.95. The summed E-state index contributed by atoms with van der Waals surface area (Å²) in [5.74, 6) is -0.241. The van der Waals surface area contributed by atoms with Crippen molar-refractivity contribution < 1.29 is 13.2 Å². The maximum absolute atomic E-state index is 13.1. The average Bonchev–Trinajstić information content (AvgIpc) is 2.99. The molecule has 8 heteroatoms. The van der Waals surface area contributed by atoms with E-state index in [4.69, 9.17) is 0 Å². The van der Waals surface area contributed by atoms with Gasteiger partial charge in [0.1, 0.15) is 0 Å². The molecule has 0 saturated carbocycles. The van der Waals surface area contributed by atoms with E-state index in [2.05, 4.69) is 15.1 Å². The smallest absolute Gasteiger partial charge is 0.272 e. The van der Waals surface area contributed by atoms with Gasteiger partial charge in [-0.1, -0.05) is 36.8 Å². The zero-order valence-corrected chi connectivity index (χ0v) is 18.3. The number of amides is 1. The number of hydrogen-bond acceptors (Lipinski definition) is 4. The lowest BCUT2D eigenvalue weighted by Gasteiger charge is -2.08. The van der Waals surface area contributed by atoms with Crippen molar-refractivity contribution in [3.63, 3.8) is 0 Å². The lowest BCUT2D eigenvalue weighted by Crippen LogP contribution is -2.25. The van der Waals surface area contributed by atoms with Gasteiger partial charge in [-0.05, 0) is 62.6 Å². The van der Waals surface area contributed by atoms with E-state index >= 15 is 0 Å². The Labute approximate surface area is 182 Å². The van der Waals surface area contributed by atoms with E-state index in [1.165, 1.54) is 13.1 Å². The molecular formula is C23H26N4O3S. The molecule has 1 aliphatic carbocycles. The third kappa shape index (κ3) is 4.55. The van der Waals surface area contributed by atoms with Crippen molar-refractivity contribution in [1.29, 1.82) is 0 Å². The van der Waals surface area contributed by atoms with Crippen LogP contribution in [0.15, 0.2) is 59.5 Å². The molecule has 0 bridgehead atoms. The quantitative estimate of drug-likeness (QED) is 0.579. The normalized spacial score (nSPS) is 14.0. The van der Waals surface area contributed by atoms with Crippen molar-refractivity contribution in [1.82, 2.24) is 19.8 Å². The molecule has 7 nitrogen and oxygen atoms in total. The molecule has 0 atom stereocenters. The van der Waals surface area contributed by atoms with E-state index in [-0.39, 0.29) is 17.3 Å². The van der Waals surface area contributed by atoms with Gasteiger partial charge in [-0.25, -0.2) is 17.8 Å². The first kappa shape index (κ1) is 21.3. The Morgan fingerprint density at radius 2 is 1.81 bits per heavy atom. The van der Waals surface area contributed by atoms with Crippen LogP contribution < -0.4 is 10.0 Å². The molecule has 0 saturated heterocycles. The second-order valence-corrected chi connectivity index (χ2v) is 9.51. The van der Waals surface area contributed by atoms with Crippen LogP contribution in [0.25, 0.3) is 5.69 Å². The topological polar surface area (TPSA) is 93.1 Å². The second-order valence-electron chi connectivity index (χ2n) is 7.62. The Morgan fingerprint density at radius 3 is 2.58 bits per heavy atom. The van der Waals surface area contributed by atoms with Crippen LogP contribution in [0.2, 0.25) is 0 Å². The number of carbonyl (C=O) groups excluding carboxylic acids is 1. The number of rotatable bonds is 6. The highest BCUT2D eigenvalue weighted by Gasteiger charge is 2.24. The molecule has 0 spiro atoms. The Kier molecular flexibility index (Phi) is 6.20. The largest absolute Gasteiger partial charge is 0.347 e. The lowest BCUT2D eigenvalue weighted by molar-refractivity contribution is 0.0944. The summed E-state index contributed by atoms with van der Waals surface area (Å²) in [6, 6.07) is 16.4. The highest BCUT2D eigenvalue weighted by Crippen LogP contribution is 2.26. The number of aromatic nitrogens is 2. The molecule has 3 aromatic rings. The summed E-state index contributed by atoms with van der Waals surface area (Å²) >= 11 is 0. The van der Waals surface area contributed by atoms with Gasteiger partial charge in [0.2, 0.25) is 10.0 Å². The van der Waals surface area contributed by atoms with Crippen LogP contribution in [0.5, 0.6) is 0 Å². The molecule has 31 heavy (non-hydrogen) atoms. The maximum atomic E-state index is 13.1. The minimum atomic E-state index is -3.53. The summed E-state index contributed by atoms with van der Waals surface area (Å²) in [5.41, 5.74) is 4.24. The molecule has 0 radical (unpaired) electrons. The zero-order valence-electron chi connectivity index (χ0n) is 17.5. The van der Waals surface area contributed by atoms with Gasteiger partial charge in [0.25, 0.3) is 5.91 Å². The lowest BCUT2D eigenvalue weighted by atomic mass is 10.1. The van der Waals surface area contributed by atoms with Gasteiger partial charge in [0, 0.05) is 17.8 Å². The first-order chi connectivity index (χ1) is 15.0. The van der Waals surface area contributed by atoms with Gasteiger partial charge >= 0.3 is 0 Å². The Bertz CT molecular complexity index is 1190. The molecule has 0 aliphatic heterocycles. The summed E-state index contributed by atoms with van der Waals surface area (Å²) in [6.45, 7) is 0.221. The van der Waals surface area contributed by atoms with Crippen LogP contribution >= 0.6 is 0 Å². The Balaban J connectivity index is 1.59. The number of carbonyl (C=O) groups is 1. The molecule has 4 rings (SSSR count). The van der Waals surface area contributed by atoms with E-state index in [0.29, 0.717) is 11.3 Å². The van der Waals surface area contributed by atoms with Gasteiger partial charge < -0.3 is 5.32 Å². The number of hydrogen-bond donors (Lipinski definition) is 2. The molecule has 2 aromatic carbocycles. The molecule has 1 heterocycles. The van der Waals surface area contributed by atoms with Crippen LogP contribution in [0.4, 0.5) is 0 Å². The number of nitrogens with zero attached hydrogens (tertiary/aromatic N) is 2. The fraction of sp³-hybridized carbons (Fsp3) is 0.304. The molecule has 1 aromatic heterocycles. The predicted octanol–water partition coefficient (Wildman–Crippen LogP) is 2.98. The molecule has 1 aliphatic rings. The molecular weight excluding hydrogens is 412 g/mol. The molecule has 162 valence electrons. The molecule has 0 fully saturated rings. The predicted molar refractivity (Wildman–Crippen MR) is 119 cm³/mol. The van der Waals surface area contributed by atoms with Crippen molar-refractivity contribution in [2.24, 2.45) is 0 Å². The van der Waals surface area contributed by atoms with Crippen molar-refractivity contribution in [3.8, 4) is 5.69 Å². The second kappa shape index (κ2) is 9.03.